The van der Waals surface area contributed by atoms with E-state index in [0.29, 0.717) is 5.92 Å². The van der Waals surface area contributed by atoms with Gasteiger partial charge in [0.05, 0.1) is 0 Å². The summed E-state index contributed by atoms with van der Waals surface area (Å²) in [5.41, 5.74) is 2.68. The predicted molar refractivity (Wildman–Crippen MR) is 99.6 cm³/mol. The van der Waals surface area contributed by atoms with Gasteiger partial charge in [-0.25, -0.2) is 0 Å². The van der Waals surface area contributed by atoms with Gasteiger partial charge in [-0.05, 0) is 59.4 Å². The highest BCUT2D eigenvalue weighted by atomic mass is 32.1. The smallest absolute Gasteiger partial charge is 0.0381 e. The molecule has 1 N–H and O–H groups in total. The van der Waals surface area contributed by atoms with E-state index in [0.717, 1.165) is 18.9 Å². The summed E-state index contributed by atoms with van der Waals surface area (Å²) in [4.78, 5) is 1.52. The van der Waals surface area contributed by atoms with Gasteiger partial charge in [0.25, 0.3) is 0 Å². The predicted octanol–water partition coefficient (Wildman–Crippen LogP) is 6.12. The van der Waals surface area contributed by atoms with E-state index in [9.17, 15) is 0 Å². The highest BCUT2D eigenvalue weighted by Gasteiger charge is 2.20. The molecule has 0 aromatic carbocycles. The van der Waals surface area contributed by atoms with Crippen molar-refractivity contribution >= 4 is 28.4 Å². The van der Waals surface area contributed by atoms with Gasteiger partial charge in [-0.1, -0.05) is 31.9 Å². The summed E-state index contributed by atoms with van der Waals surface area (Å²) in [5, 5.41) is 10.3. The molecular formula is C19H25NS2. The van der Waals surface area contributed by atoms with Gasteiger partial charge in [0.1, 0.15) is 0 Å². The first-order chi connectivity index (χ1) is 10.9. The summed E-state index contributed by atoms with van der Waals surface area (Å²) in [6, 6.07) is 6.67. The molecule has 1 saturated carbocycles. The largest absolute Gasteiger partial charge is 0.385 e. The normalized spacial score (nSPS) is 16.7. The second kappa shape index (κ2) is 7.98. The molecule has 0 aliphatic heterocycles. The number of hydrogen-bond acceptors (Lipinski definition) is 3. The van der Waals surface area contributed by atoms with Crippen LogP contribution in [0.15, 0.2) is 40.4 Å². The van der Waals surface area contributed by atoms with Gasteiger partial charge in [-0.3, -0.25) is 0 Å². The number of thiophene rings is 2. The molecule has 0 amide bonds. The van der Waals surface area contributed by atoms with Crippen LogP contribution in [0.2, 0.25) is 0 Å². The highest BCUT2D eigenvalue weighted by Crippen LogP contribution is 2.32. The lowest BCUT2D eigenvalue weighted by atomic mass is 9.99. The van der Waals surface area contributed by atoms with Crippen molar-refractivity contribution < 1.29 is 0 Å². The first-order valence-electron chi connectivity index (χ1n) is 8.36. The molecule has 3 heteroatoms. The molecule has 2 aromatic heterocycles. The molecule has 2 heterocycles. The number of rotatable bonds is 9. The van der Waals surface area contributed by atoms with Crippen molar-refractivity contribution in [3.05, 3.63) is 50.9 Å². The van der Waals surface area contributed by atoms with Crippen LogP contribution in [0.4, 0.5) is 0 Å². The lowest BCUT2D eigenvalue weighted by Crippen LogP contribution is -2.14. The van der Waals surface area contributed by atoms with E-state index < -0.39 is 0 Å². The van der Waals surface area contributed by atoms with E-state index in [1.165, 1.54) is 41.8 Å². The zero-order chi connectivity index (χ0) is 15.2. The van der Waals surface area contributed by atoms with Gasteiger partial charge < -0.3 is 5.32 Å². The minimum atomic E-state index is 0.652. The Morgan fingerprint density at radius 3 is 2.91 bits per heavy atom. The molecule has 1 unspecified atom stereocenters. The Morgan fingerprint density at radius 1 is 1.36 bits per heavy atom. The van der Waals surface area contributed by atoms with Gasteiger partial charge in [-0.15, -0.1) is 11.3 Å². The van der Waals surface area contributed by atoms with Gasteiger partial charge in [-0.2, -0.15) is 11.3 Å². The molecule has 1 fully saturated rings. The van der Waals surface area contributed by atoms with Crippen molar-refractivity contribution in [3.63, 3.8) is 0 Å². The third-order valence-corrected chi connectivity index (χ3v) is 6.16. The van der Waals surface area contributed by atoms with E-state index in [1.807, 2.05) is 11.3 Å². The van der Waals surface area contributed by atoms with Crippen molar-refractivity contribution in [3.8, 4) is 0 Å². The third-order valence-electron chi connectivity index (χ3n) is 4.44. The van der Waals surface area contributed by atoms with E-state index in [2.05, 4.69) is 52.7 Å². The topological polar surface area (TPSA) is 12.0 Å². The Balaban J connectivity index is 1.64. The van der Waals surface area contributed by atoms with Gasteiger partial charge in [0.15, 0.2) is 0 Å². The zero-order valence-corrected chi connectivity index (χ0v) is 14.9. The standard InChI is InChI=1S/C19H25NS2/c1-2-16(19-4-3-12-22-19)7-8-18(17-10-13-21-14-17)20-11-9-15-5-6-15/h3-4,8,10,12-16,20H,2,5-7,9,11H2,1H3/b18-8-. The summed E-state index contributed by atoms with van der Waals surface area (Å²) >= 11 is 3.67. The van der Waals surface area contributed by atoms with E-state index in [4.69, 9.17) is 0 Å². The third kappa shape index (κ3) is 4.47. The van der Waals surface area contributed by atoms with Crippen molar-refractivity contribution in [1.29, 1.82) is 0 Å². The van der Waals surface area contributed by atoms with Gasteiger partial charge in [0.2, 0.25) is 0 Å². The first-order valence-corrected chi connectivity index (χ1v) is 10.2. The summed E-state index contributed by atoms with van der Waals surface area (Å²) in [6.45, 7) is 3.41. The van der Waals surface area contributed by atoms with Crippen molar-refractivity contribution in [2.45, 2.75) is 44.9 Å². The molecule has 0 bridgehead atoms. The van der Waals surface area contributed by atoms with E-state index in [-0.39, 0.29) is 0 Å². The average Bonchev–Trinajstić information content (AvgIpc) is 3.01. The van der Waals surface area contributed by atoms with Crippen LogP contribution in [0.1, 0.15) is 55.4 Å². The van der Waals surface area contributed by atoms with E-state index >= 15 is 0 Å². The Kier molecular flexibility index (Phi) is 5.74. The number of allylic oxidation sites excluding steroid dienone is 1. The lowest BCUT2D eigenvalue weighted by Gasteiger charge is -2.14. The van der Waals surface area contributed by atoms with Crippen LogP contribution in [0, 0.1) is 5.92 Å². The summed E-state index contributed by atoms with van der Waals surface area (Å²) in [6.07, 6.45) is 8.95. The Bertz CT molecular complexity index is 565. The van der Waals surface area contributed by atoms with Crippen molar-refractivity contribution in [1.82, 2.24) is 5.32 Å². The van der Waals surface area contributed by atoms with Crippen LogP contribution in [0.25, 0.3) is 5.70 Å². The SMILES string of the molecule is CCC(C/C=C(\NCCC1CC1)c1ccsc1)c1cccs1. The van der Waals surface area contributed by atoms with Crippen LogP contribution in [-0.4, -0.2) is 6.54 Å². The molecule has 1 aliphatic carbocycles. The average molecular weight is 332 g/mol. The molecule has 0 saturated heterocycles. The quantitative estimate of drug-likeness (QED) is 0.583. The molecule has 0 spiro atoms. The van der Waals surface area contributed by atoms with Crippen molar-refractivity contribution in [2.75, 3.05) is 6.54 Å². The van der Waals surface area contributed by atoms with Gasteiger partial charge >= 0.3 is 0 Å². The Labute approximate surface area is 142 Å². The Morgan fingerprint density at radius 2 is 2.27 bits per heavy atom. The summed E-state index contributed by atoms with van der Waals surface area (Å²) in [7, 11) is 0. The lowest BCUT2D eigenvalue weighted by molar-refractivity contribution is 0.675. The zero-order valence-electron chi connectivity index (χ0n) is 13.3. The molecule has 0 radical (unpaired) electrons. The summed E-state index contributed by atoms with van der Waals surface area (Å²) in [5.74, 6) is 1.64. The minimum Gasteiger partial charge on any atom is -0.385 e. The molecule has 3 rings (SSSR count). The maximum Gasteiger partial charge on any atom is 0.0381 e. The van der Waals surface area contributed by atoms with E-state index in [1.54, 1.807) is 11.3 Å². The van der Waals surface area contributed by atoms with Crippen LogP contribution >= 0.6 is 22.7 Å². The molecule has 118 valence electrons. The molecule has 2 aromatic rings. The highest BCUT2D eigenvalue weighted by molar-refractivity contribution is 7.10. The van der Waals surface area contributed by atoms with Gasteiger partial charge in [0, 0.05) is 22.7 Å². The first kappa shape index (κ1) is 15.8. The minimum absolute atomic E-state index is 0.652. The van der Waals surface area contributed by atoms with Crippen LogP contribution in [0.3, 0.4) is 0 Å². The maximum absolute atomic E-state index is 3.69. The monoisotopic (exact) mass is 331 g/mol. The molecular weight excluding hydrogens is 306 g/mol. The van der Waals surface area contributed by atoms with Crippen LogP contribution < -0.4 is 5.32 Å². The van der Waals surface area contributed by atoms with Crippen LogP contribution in [0.5, 0.6) is 0 Å². The molecule has 22 heavy (non-hydrogen) atoms. The maximum atomic E-state index is 3.69. The fourth-order valence-corrected chi connectivity index (χ4v) is 4.38. The Hall–Kier alpha value is -1.06. The number of hydrogen-bond donors (Lipinski definition) is 1. The molecule has 1 atom stereocenters. The molecule has 1 nitrogen and oxygen atoms in total. The molecule has 1 aliphatic rings. The second-order valence-electron chi connectivity index (χ2n) is 6.14. The summed E-state index contributed by atoms with van der Waals surface area (Å²) < 4.78 is 0. The van der Waals surface area contributed by atoms with Crippen molar-refractivity contribution in [2.24, 2.45) is 5.92 Å². The second-order valence-corrected chi connectivity index (χ2v) is 7.90. The number of nitrogens with one attached hydrogen (secondary N) is 1. The van der Waals surface area contributed by atoms with Crippen LogP contribution in [-0.2, 0) is 0 Å². The fourth-order valence-electron chi connectivity index (χ4n) is 2.79. The fraction of sp³-hybridized carbons (Fsp3) is 0.474.